The molecule has 17 heavy (non-hydrogen) atoms. The Morgan fingerprint density at radius 2 is 2.18 bits per heavy atom. The van der Waals surface area contributed by atoms with Crippen LogP contribution in [0.2, 0.25) is 0 Å². The van der Waals surface area contributed by atoms with Crippen molar-refractivity contribution in [3.63, 3.8) is 0 Å². The van der Waals surface area contributed by atoms with E-state index in [0.29, 0.717) is 6.04 Å². The second-order valence-electron chi connectivity index (χ2n) is 5.88. The summed E-state index contributed by atoms with van der Waals surface area (Å²) in [5.41, 5.74) is 1.51. The smallest absolute Gasteiger partial charge is 0.119 e. The fourth-order valence-electron chi connectivity index (χ4n) is 2.15. The molecule has 1 aromatic rings. The Hall–Kier alpha value is -1.02. The number of hydrogen-bond acceptors (Lipinski definition) is 2. The van der Waals surface area contributed by atoms with E-state index in [2.05, 4.69) is 44.3 Å². The van der Waals surface area contributed by atoms with Gasteiger partial charge in [0.25, 0.3) is 0 Å². The second-order valence-corrected chi connectivity index (χ2v) is 5.88. The van der Waals surface area contributed by atoms with E-state index in [9.17, 15) is 0 Å². The fourth-order valence-corrected chi connectivity index (χ4v) is 2.15. The van der Waals surface area contributed by atoms with Crippen LogP contribution in [0.5, 0.6) is 5.75 Å². The van der Waals surface area contributed by atoms with E-state index in [-0.39, 0.29) is 5.41 Å². The Bertz CT molecular complexity index is 361. The summed E-state index contributed by atoms with van der Waals surface area (Å²) in [6, 6.07) is 8.99. The lowest BCUT2D eigenvalue weighted by Gasteiger charge is -2.20. The third-order valence-corrected chi connectivity index (χ3v) is 3.31. The maximum Gasteiger partial charge on any atom is 0.119 e. The first-order chi connectivity index (χ1) is 8.05. The maximum absolute atomic E-state index is 5.86. The zero-order valence-corrected chi connectivity index (χ0v) is 11.1. The first-order valence-corrected chi connectivity index (χ1v) is 6.52. The van der Waals surface area contributed by atoms with Crippen LogP contribution in [0.15, 0.2) is 24.3 Å². The Kier molecular flexibility index (Phi) is 3.72. The molecule has 1 atom stereocenters. The zero-order valence-electron chi connectivity index (χ0n) is 11.1. The van der Waals surface area contributed by atoms with Crippen molar-refractivity contribution in [1.82, 2.24) is 5.32 Å². The van der Waals surface area contributed by atoms with Crippen LogP contribution in [-0.2, 0) is 5.41 Å². The molecule has 1 aliphatic rings. The van der Waals surface area contributed by atoms with Crippen LogP contribution >= 0.6 is 0 Å². The van der Waals surface area contributed by atoms with Crippen molar-refractivity contribution in [2.45, 2.75) is 45.1 Å². The molecule has 0 radical (unpaired) electrons. The van der Waals surface area contributed by atoms with Crippen molar-refractivity contribution in [1.29, 1.82) is 0 Å². The van der Waals surface area contributed by atoms with Crippen molar-refractivity contribution in [2.75, 3.05) is 13.2 Å². The Labute approximate surface area is 104 Å². The van der Waals surface area contributed by atoms with Crippen LogP contribution in [0.25, 0.3) is 0 Å². The largest absolute Gasteiger partial charge is 0.492 e. The van der Waals surface area contributed by atoms with E-state index < -0.39 is 0 Å². The van der Waals surface area contributed by atoms with Gasteiger partial charge < -0.3 is 10.1 Å². The molecule has 2 nitrogen and oxygen atoms in total. The average Bonchev–Trinajstić information content (AvgIpc) is 2.78. The van der Waals surface area contributed by atoms with Gasteiger partial charge in [-0.3, -0.25) is 0 Å². The van der Waals surface area contributed by atoms with E-state index >= 15 is 0 Å². The van der Waals surface area contributed by atoms with E-state index in [1.807, 2.05) is 6.07 Å². The molecule has 0 saturated carbocycles. The minimum absolute atomic E-state index is 0.185. The zero-order chi connectivity index (χ0) is 12.3. The quantitative estimate of drug-likeness (QED) is 0.866. The van der Waals surface area contributed by atoms with Gasteiger partial charge in [-0.2, -0.15) is 0 Å². The summed E-state index contributed by atoms with van der Waals surface area (Å²) < 4.78 is 5.86. The second kappa shape index (κ2) is 5.09. The van der Waals surface area contributed by atoms with E-state index in [0.717, 1.165) is 18.9 Å². The molecule has 0 bridgehead atoms. The number of ether oxygens (including phenoxy) is 1. The molecule has 1 unspecified atom stereocenters. The van der Waals surface area contributed by atoms with Crippen LogP contribution in [0.4, 0.5) is 0 Å². The Morgan fingerprint density at radius 1 is 1.35 bits per heavy atom. The minimum atomic E-state index is 0.185. The lowest BCUT2D eigenvalue weighted by atomic mass is 9.87. The molecular formula is C15H23NO. The summed E-state index contributed by atoms with van der Waals surface area (Å²) in [6.45, 7) is 8.60. The van der Waals surface area contributed by atoms with Crippen LogP contribution in [0.1, 0.15) is 39.2 Å². The number of benzene rings is 1. The monoisotopic (exact) mass is 233 g/mol. The highest BCUT2D eigenvalue weighted by atomic mass is 16.5. The lowest BCUT2D eigenvalue weighted by Crippen LogP contribution is -2.28. The van der Waals surface area contributed by atoms with Gasteiger partial charge in [-0.25, -0.2) is 0 Å². The van der Waals surface area contributed by atoms with Crippen LogP contribution in [0, 0.1) is 0 Å². The molecular weight excluding hydrogens is 210 g/mol. The van der Waals surface area contributed by atoms with Crippen LogP contribution in [0.3, 0.4) is 0 Å². The number of nitrogens with one attached hydrogen (secondary N) is 1. The lowest BCUT2D eigenvalue weighted by molar-refractivity contribution is 0.276. The van der Waals surface area contributed by atoms with Crippen LogP contribution in [-0.4, -0.2) is 19.2 Å². The average molecular weight is 233 g/mol. The third-order valence-electron chi connectivity index (χ3n) is 3.31. The van der Waals surface area contributed by atoms with Crippen molar-refractivity contribution in [3.8, 4) is 5.75 Å². The molecule has 1 aliphatic heterocycles. The number of rotatable bonds is 3. The Balaban J connectivity index is 1.96. The van der Waals surface area contributed by atoms with E-state index in [1.54, 1.807) is 0 Å². The van der Waals surface area contributed by atoms with Gasteiger partial charge in [0.2, 0.25) is 0 Å². The van der Waals surface area contributed by atoms with Crippen LogP contribution < -0.4 is 10.1 Å². The third kappa shape index (κ3) is 3.47. The molecule has 1 heterocycles. The van der Waals surface area contributed by atoms with Gasteiger partial charge in [0.05, 0.1) is 0 Å². The molecule has 1 N–H and O–H groups in total. The van der Waals surface area contributed by atoms with Crippen molar-refractivity contribution < 1.29 is 4.74 Å². The van der Waals surface area contributed by atoms with Gasteiger partial charge in [-0.05, 0) is 42.5 Å². The standard InChI is InChI=1S/C15H23NO/c1-15(2,3)12-6-4-8-14(10-12)17-11-13-7-5-9-16-13/h4,6,8,10,13,16H,5,7,9,11H2,1-3H3. The van der Waals surface area contributed by atoms with Crippen molar-refractivity contribution in [3.05, 3.63) is 29.8 Å². The highest BCUT2D eigenvalue weighted by Gasteiger charge is 2.16. The molecule has 2 rings (SSSR count). The number of hydrogen-bond donors (Lipinski definition) is 1. The maximum atomic E-state index is 5.86. The van der Waals surface area contributed by atoms with Gasteiger partial charge in [-0.15, -0.1) is 0 Å². The minimum Gasteiger partial charge on any atom is -0.492 e. The first-order valence-electron chi connectivity index (χ1n) is 6.52. The Morgan fingerprint density at radius 3 is 2.82 bits per heavy atom. The molecule has 0 aliphatic carbocycles. The topological polar surface area (TPSA) is 21.3 Å². The predicted molar refractivity (Wildman–Crippen MR) is 71.7 cm³/mol. The highest BCUT2D eigenvalue weighted by Crippen LogP contribution is 2.25. The molecule has 0 aromatic heterocycles. The highest BCUT2D eigenvalue weighted by molar-refractivity contribution is 5.32. The molecule has 94 valence electrons. The summed E-state index contributed by atoms with van der Waals surface area (Å²) in [5.74, 6) is 0.992. The molecule has 0 spiro atoms. The summed E-state index contributed by atoms with van der Waals surface area (Å²) in [6.07, 6.45) is 2.51. The van der Waals surface area contributed by atoms with Gasteiger partial charge in [0.1, 0.15) is 12.4 Å². The van der Waals surface area contributed by atoms with Gasteiger partial charge in [0, 0.05) is 6.04 Å². The molecule has 0 amide bonds. The van der Waals surface area contributed by atoms with E-state index in [4.69, 9.17) is 4.74 Å². The molecule has 1 aromatic carbocycles. The predicted octanol–water partition coefficient (Wildman–Crippen LogP) is 3.11. The molecule has 2 heteroatoms. The fraction of sp³-hybridized carbons (Fsp3) is 0.600. The van der Waals surface area contributed by atoms with Gasteiger partial charge in [-0.1, -0.05) is 32.9 Å². The summed E-state index contributed by atoms with van der Waals surface area (Å²) in [5, 5.41) is 3.45. The van der Waals surface area contributed by atoms with Gasteiger partial charge >= 0.3 is 0 Å². The van der Waals surface area contributed by atoms with Crippen molar-refractivity contribution in [2.24, 2.45) is 0 Å². The summed E-state index contributed by atoms with van der Waals surface area (Å²) in [7, 11) is 0. The molecule has 1 saturated heterocycles. The van der Waals surface area contributed by atoms with Gasteiger partial charge in [0.15, 0.2) is 0 Å². The SMILES string of the molecule is CC(C)(C)c1cccc(OCC2CCCN2)c1. The first kappa shape index (κ1) is 12.4. The summed E-state index contributed by atoms with van der Waals surface area (Å²) >= 11 is 0. The summed E-state index contributed by atoms with van der Waals surface area (Å²) in [4.78, 5) is 0. The van der Waals surface area contributed by atoms with E-state index in [1.165, 1.54) is 18.4 Å². The molecule has 1 fully saturated rings. The normalized spacial score (nSPS) is 20.5. The van der Waals surface area contributed by atoms with Crippen molar-refractivity contribution >= 4 is 0 Å².